The van der Waals surface area contributed by atoms with Gasteiger partial charge < -0.3 is 4.74 Å². The molecule has 1 heterocycles. The molecule has 0 saturated carbocycles. The van der Waals surface area contributed by atoms with E-state index >= 15 is 0 Å². The molecule has 0 N–H and O–H groups in total. The Morgan fingerprint density at radius 1 is 1.50 bits per heavy atom. The van der Waals surface area contributed by atoms with Gasteiger partial charge in [0.05, 0.1) is 6.61 Å². The highest BCUT2D eigenvalue weighted by molar-refractivity contribution is 5.13. The van der Waals surface area contributed by atoms with Crippen LogP contribution < -0.4 is 0 Å². The summed E-state index contributed by atoms with van der Waals surface area (Å²) in [5, 5.41) is 0. The molecule has 1 nitrogen and oxygen atoms in total. The molecule has 0 aliphatic carbocycles. The third-order valence-corrected chi connectivity index (χ3v) is 1.89. The van der Waals surface area contributed by atoms with E-state index in [2.05, 4.69) is 0 Å². The molecule has 0 bridgehead atoms. The van der Waals surface area contributed by atoms with Gasteiger partial charge in [-0.05, 0) is 25.3 Å². The number of rotatable bonds is 1. The normalized spacial score (nSPS) is 23.2. The van der Waals surface area contributed by atoms with Gasteiger partial charge in [0.2, 0.25) is 0 Å². The van der Waals surface area contributed by atoms with Crippen LogP contribution in [0.2, 0.25) is 0 Å². The van der Waals surface area contributed by atoms with Crippen molar-refractivity contribution in [3.05, 3.63) is 11.4 Å². The maximum Gasteiger partial charge on any atom is 0.128 e. The van der Waals surface area contributed by atoms with Gasteiger partial charge in [-0.15, -0.1) is 0 Å². The molecule has 0 aromatic carbocycles. The Morgan fingerprint density at radius 3 is 2.50 bits per heavy atom. The molecule has 0 spiro atoms. The van der Waals surface area contributed by atoms with Crippen molar-refractivity contribution in [2.75, 3.05) is 6.61 Å². The van der Waals surface area contributed by atoms with Gasteiger partial charge in [0.1, 0.15) is 11.9 Å². The summed E-state index contributed by atoms with van der Waals surface area (Å²) in [4.78, 5) is 0. The van der Waals surface area contributed by atoms with Crippen LogP contribution in [0.1, 0.15) is 40.5 Å². The monoisotopic (exact) mass is 174 g/mol. The molecule has 0 amide bonds. The minimum Gasteiger partial charge on any atom is -0.371 e. The van der Waals surface area contributed by atoms with Crippen LogP contribution in [0.4, 0.5) is 4.39 Å². The Bertz CT molecular complexity index is 152. The van der Waals surface area contributed by atoms with Crippen LogP contribution in [0.25, 0.3) is 0 Å². The molecule has 1 aliphatic heterocycles. The largest absolute Gasteiger partial charge is 0.371 e. The Kier molecular flexibility index (Phi) is 5.99. The summed E-state index contributed by atoms with van der Waals surface area (Å²) in [6.07, 6.45) is 1.29. The van der Waals surface area contributed by atoms with Crippen molar-refractivity contribution in [3.8, 4) is 0 Å². The second kappa shape index (κ2) is 6.18. The fourth-order valence-corrected chi connectivity index (χ4v) is 1.18. The van der Waals surface area contributed by atoms with E-state index in [1.54, 1.807) is 6.92 Å². The predicted molar refractivity (Wildman–Crippen MR) is 49.8 cm³/mol. The standard InChI is InChI=1S/C8H13FO.C2H6/c1-3-7-4-5-10-6(2)8(7)9;1-2/h6H,3-5H2,1-2H3;1-2H3. The Balaban J connectivity index is 0.000000561. The average molecular weight is 174 g/mol. The minimum atomic E-state index is -0.302. The highest BCUT2D eigenvalue weighted by Gasteiger charge is 2.18. The van der Waals surface area contributed by atoms with Crippen molar-refractivity contribution < 1.29 is 9.13 Å². The number of halogens is 1. The lowest BCUT2D eigenvalue weighted by atomic mass is 10.1. The van der Waals surface area contributed by atoms with Crippen LogP contribution >= 0.6 is 0 Å². The van der Waals surface area contributed by atoms with Crippen LogP contribution in [0.15, 0.2) is 11.4 Å². The number of hydrogen-bond acceptors (Lipinski definition) is 1. The molecule has 0 radical (unpaired) electrons. The Morgan fingerprint density at radius 2 is 2.08 bits per heavy atom. The molecule has 0 saturated heterocycles. The fourth-order valence-electron chi connectivity index (χ4n) is 1.18. The highest BCUT2D eigenvalue weighted by Crippen LogP contribution is 2.24. The molecule has 0 aromatic heterocycles. The smallest absolute Gasteiger partial charge is 0.128 e. The first-order valence-electron chi connectivity index (χ1n) is 4.74. The first kappa shape index (κ1) is 11.6. The summed E-state index contributed by atoms with van der Waals surface area (Å²) in [5.74, 6) is -0.0475. The lowest BCUT2D eigenvalue weighted by Crippen LogP contribution is -2.17. The van der Waals surface area contributed by atoms with E-state index in [1.165, 1.54) is 0 Å². The van der Waals surface area contributed by atoms with E-state index in [0.717, 1.165) is 18.4 Å². The van der Waals surface area contributed by atoms with Crippen molar-refractivity contribution in [3.63, 3.8) is 0 Å². The van der Waals surface area contributed by atoms with E-state index in [9.17, 15) is 4.39 Å². The zero-order chi connectivity index (χ0) is 9.56. The summed E-state index contributed by atoms with van der Waals surface area (Å²) in [7, 11) is 0. The van der Waals surface area contributed by atoms with Crippen LogP contribution in [0.5, 0.6) is 0 Å². The molecular weight excluding hydrogens is 155 g/mol. The summed E-state index contributed by atoms with van der Waals surface area (Å²) in [5.41, 5.74) is 0.929. The lowest BCUT2D eigenvalue weighted by Gasteiger charge is -2.20. The molecule has 0 aromatic rings. The highest BCUT2D eigenvalue weighted by atomic mass is 19.1. The van der Waals surface area contributed by atoms with Crippen molar-refractivity contribution in [2.24, 2.45) is 0 Å². The van der Waals surface area contributed by atoms with Gasteiger partial charge in [-0.1, -0.05) is 20.8 Å². The Hall–Kier alpha value is -0.370. The van der Waals surface area contributed by atoms with E-state index in [-0.39, 0.29) is 11.9 Å². The molecule has 1 atom stereocenters. The van der Waals surface area contributed by atoms with Gasteiger partial charge in [-0.25, -0.2) is 4.39 Å². The van der Waals surface area contributed by atoms with E-state index in [4.69, 9.17) is 4.74 Å². The number of ether oxygens (including phenoxy) is 1. The molecule has 72 valence electrons. The molecule has 2 heteroatoms. The van der Waals surface area contributed by atoms with Gasteiger partial charge in [0, 0.05) is 0 Å². The van der Waals surface area contributed by atoms with Crippen LogP contribution in [-0.2, 0) is 4.74 Å². The first-order chi connectivity index (χ1) is 5.75. The second-order valence-corrected chi connectivity index (χ2v) is 2.57. The number of hydrogen-bond donors (Lipinski definition) is 0. The molecule has 1 rings (SSSR count). The van der Waals surface area contributed by atoms with Crippen LogP contribution in [0, 0.1) is 0 Å². The van der Waals surface area contributed by atoms with Gasteiger partial charge in [0.25, 0.3) is 0 Å². The summed E-state index contributed by atoms with van der Waals surface area (Å²) in [6, 6.07) is 0. The zero-order valence-electron chi connectivity index (χ0n) is 8.48. The van der Waals surface area contributed by atoms with Crippen molar-refractivity contribution in [2.45, 2.75) is 46.6 Å². The molecule has 12 heavy (non-hydrogen) atoms. The van der Waals surface area contributed by atoms with Gasteiger partial charge in [0.15, 0.2) is 0 Å². The predicted octanol–water partition coefficient (Wildman–Crippen LogP) is 3.46. The molecular formula is C10H19FO. The van der Waals surface area contributed by atoms with E-state index in [0.29, 0.717) is 6.61 Å². The second-order valence-electron chi connectivity index (χ2n) is 2.57. The molecule has 0 fully saturated rings. The quantitative estimate of drug-likeness (QED) is 0.591. The van der Waals surface area contributed by atoms with Crippen molar-refractivity contribution >= 4 is 0 Å². The average Bonchev–Trinajstić information content (AvgIpc) is 2.13. The third kappa shape index (κ3) is 2.94. The van der Waals surface area contributed by atoms with Gasteiger partial charge in [-0.3, -0.25) is 0 Å². The maximum atomic E-state index is 13.0. The zero-order valence-corrected chi connectivity index (χ0v) is 8.48. The Labute approximate surface area is 74.6 Å². The fraction of sp³-hybridized carbons (Fsp3) is 0.800. The minimum absolute atomic E-state index is 0.0475. The maximum absolute atomic E-state index is 13.0. The third-order valence-electron chi connectivity index (χ3n) is 1.89. The van der Waals surface area contributed by atoms with Crippen LogP contribution in [0.3, 0.4) is 0 Å². The van der Waals surface area contributed by atoms with Gasteiger partial charge >= 0.3 is 0 Å². The molecule has 1 unspecified atom stereocenters. The summed E-state index contributed by atoms with van der Waals surface area (Å²) < 4.78 is 18.1. The summed E-state index contributed by atoms with van der Waals surface area (Å²) in [6.45, 7) is 8.41. The lowest BCUT2D eigenvalue weighted by molar-refractivity contribution is 0.0613. The van der Waals surface area contributed by atoms with E-state index < -0.39 is 0 Å². The first-order valence-corrected chi connectivity index (χ1v) is 4.74. The van der Waals surface area contributed by atoms with Crippen LogP contribution in [-0.4, -0.2) is 12.7 Å². The summed E-state index contributed by atoms with van der Waals surface area (Å²) >= 11 is 0. The van der Waals surface area contributed by atoms with Crippen molar-refractivity contribution in [1.29, 1.82) is 0 Å². The SMILES string of the molecule is CC.CCC1=C(F)C(C)OCC1. The molecule has 1 aliphatic rings. The van der Waals surface area contributed by atoms with Crippen molar-refractivity contribution in [1.82, 2.24) is 0 Å². The van der Waals surface area contributed by atoms with E-state index in [1.807, 2.05) is 20.8 Å². The topological polar surface area (TPSA) is 9.23 Å². The van der Waals surface area contributed by atoms with Gasteiger partial charge in [-0.2, -0.15) is 0 Å².